The lowest BCUT2D eigenvalue weighted by Gasteiger charge is -2.22. The molecule has 2 heterocycles. The van der Waals surface area contributed by atoms with Gasteiger partial charge in [-0.05, 0) is 13.0 Å². The highest BCUT2D eigenvalue weighted by Gasteiger charge is 2.10. The molecule has 0 spiro atoms. The molecule has 22 heavy (non-hydrogen) atoms. The Hall–Kier alpha value is -0.800. The second kappa shape index (κ2) is 8.73. The highest BCUT2D eigenvalue weighted by atomic mass is 127. The number of hydrogen-bond acceptors (Lipinski definition) is 3. The molecule has 122 valence electrons. The Balaban J connectivity index is 0.00000242. The fraction of sp³-hybridized carbons (Fsp3) is 0.429. The van der Waals surface area contributed by atoms with Crippen LogP contribution in [0.2, 0.25) is 5.02 Å². The quantitative estimate of drug-likeness (QED) is 0.439. The third kappa shape index (κ3) is 5.13. The van der Waals surface area contributed by atoms with Gasteiger partial charge in [-0.2, -0.15) is 0 Å². The number of nitrogens with zero attached hydrogens (tertiary/aromatic N) is 4. The maximum Gasteiger partial charge on any atom is 0.194 e. The Kier molecular flexibility index (Phi) is 7.64. The first-order valence-electron chi connectivity index (χ1n) is 6.63. The first kappa shape index (κ1) is 19.2. The molecule has 0 unspecified atom stereocenters. The molecule has 2 rings (SSSR count). The molecule has 0 radical (unpaired) electrons. The summed E-state index contributed by atoms with van der Waals surface area (Å²) < 4.78 is 2.02. The number of hydrogen-bond donors (Lipinski definition) is 1. The number of guanidine groups is 1. The van der Waals surface area contributed by atoms with E-state index in [2.05, 4.69) is 27.1 Å². The van der Waals surface area contributed by atoms with Gasteiger partial charge in [0, 0.05) is 44.1 Å². The Morgan fingerprint density at radius 1 is 1.55 bits per heavy atom. The van der Waals surface area contributed by atoms with Crippen LogP contribution in [0.25, 0.3) is 0 Å². The number of aromatic nitrogens is 2. The summed E-state index contributed by atoms with van der Waals surface area (Å²) in [5, 5.41) is 5.14. The molecular weight excluding hydrogens is 433 g/mol. The van der Waals surface area contributed by atoms with E-state index in [1.54, 1.807) is 18.4 Å². The molecule has 0 aliphatic carbocycles. The van der Waals surface area contributed by atoms with Gasteiger partial charge in [-0.1, -0.05) is 11.6 Å². The fourth-order valence-corrected chi connectivity index (χ4v) is 3.06. The molecule has 0 bridgehead atoms. The topological polar surface area (TPSA) is 45.5 Å². The largest absolute Gasteiger partial charge is 0.351 e. The van der Waals surface area contributed by atoms with E-state index in [0.29, 0.717) is 6.54 Å². The number of rotatable bonds is 4. The SMILES string of the molecule is CN=C(NCc1ncc(C)s1)N(C)Cc1cc(Cl)cn1C.I. The third-order valence-electron chi connectivity index (χ3n) is 3.11. The van der Waals surface area contributed by atoms with Crippen molar-refractivity contribution in [3.63, 3.8) is 0 Å². The smallest absolute Gasteiger partial charge is 0.194 e. The molecule has 0 saturated carbocycles. The van der Waals surface area contributed by atoms with Crippen LogP contribution in [0, 0.1) is 6.92 Å². The van der Waals surface area contributed by atoms with E-state index >= 15 is 0 Å². The minimum absolute atomic E-state index is 0. The monoisotopic (exact) mass is 453 g/mol. The number of aliphatic imine (C=N–C) groups is 1. The van der Waals surface area contributed by atoms with E-state index in [-0.39, 0.29) is 24.0 Å². The van der Waals surface area contributed by atoms with Gasteiger partial charge in [0.2, 0.25) is 0 Å². The van der Waals surface area contributed by atoms with Crippen LogP contribution in [-0.4, -0.2) is 34.5 Å². The molecule has 5 nitrogen and oxygen atoms in total. The maximum absolute atomic E-state index is 6.01. The maximum atomic E-state index is 6.01. The van der Waals surface area contributed by atoms with Crippen LogP contribution in [0.1, 0.15) is 15.6 Å². The van der Waals surface area contributed by atoms with Crippen molar-refractivity contribution in [2.24, 2.45) is 12.0 Å². The Morgan fingerprint density at radius 2 is 2.27 bits per heavy atom. The number of nitrogens with one attached hydrogen (secondary N) is 1. The lowest BCUT2D eigenvalue weighted by atomic mass is 10.4. The highest BCUT2D eigenvalue weighted by molar-refractivity contribution is 14.0. The first-order valence-corrected chi connectivity index (χ1v) is 7.83. The van der Waals surface area contributed by atoms with E-state index in [9.17, 15) is 0 Å². The average Bonchev–Trinajstić information content (AvgIpc) is 2.96. The molecule has 0 aliphatic heterocycles. The van der Waals surface area contributed by atoms with Gasteiger partial charge in [-0.15, -0.1) is 35.3 Å². The Bertz CT molecular complexity index is 637. The Morgan fingerprint density at radius 3 is 2.77 bits per heavy atom. The number of aryl methyl sites for hydroxylation is 2. The van der Waals surface area contributed by atoms with Crippen molar-refractivity contribution >= 4 is 52.9 Å². The van der Waals surface area contributed by atoms with Crippen molar-refractivity contribution in [1.82, 2.24) is 19.8 Å². The summed E-state index contributed by atoms with van der Waals surface area (Å²) in [6.07, 6.45) is 3.79. The van der Waals surface area contributed by atoms with E-state index in [0.717, 1.165) is 28.2 Å². The molecule has 0 saturated heterocycles. The third-order valence-corrected chi connectivity index (χ3v) is 4.23. The van der Waals surface area contributed by atoms with Crippen molar-refractivity contribution in [3.05, 3.63) is 39.1 Å². The summed E-state index contributed by atoms with van der Waals surface area (Å²) in [5.74, 6) is 0.833. The van der Waals surface area contributed by atoms with Crippen LogP contribution in [0.4, 0.5) is 0 Å². The molecule has 0 amide bonds. The minimum atomic E-state index is 0. The van der Waals surface area contributed by atoms with Crippen molar-refractivity contribution in [2.75, 3.05) is 14.1 Å². The molecule has 0 atom stereocenters. The van der Waals surface area contributed by atoms with Crippen LogP contribution in [0.5, 0.6) is 0 Å². The zero-order chi connectivity index (χ0) is 15.4. The van der Waals surface area contributed by atoms with Gasteiger partial charge in [-0.25, -0.2) is 4.98 Å². The molecule has 2 aromatic rings. The van der Waals surface area contributed by atoms with Gasteiger partial charge in [0.1, 0.15) is 5.01 Å². The zero-order valence-corrected chi connectivity index (χ0v) is 17.0. The van der Waals surface area contributed by atoms with E-state index in [1.165, 1.54) is 4.88 Å². The predicted octanol–water partition coefficient (Wildman–Crippen LogP) is 3.27. The molecule has 0 aliphatic rings. The minimum Gasteiger partial charge on any atom is -0.351 e. The van der Waals surface area contributed by atoms with Crippen molar-refractivity contribution in [1.29, 1.82) is 0 Å². The molecule has 8 heteroatoms. The van der Waals surface area contributed by atoms with Crippen molar-refractivity contribution in [2.45, 2.75) is 20.0 Å². The summed E-state index contributed by atoms with van der Waals surface area (Å²) in [4.78, 5) is 11.9. The molecule has 1 N–H and O–H groups in total. The molecule has 0 fully saturated rings. The average molecular weight is 454 g/mol. The standard InChI is InChI=1S/C14H20ClN5S.HI/c1-10-6-17-13(21-10)7-18-14(16-2)20(4)9-12-5-11(15)8-19(12)3;/h5-6,8H,7,9H2,1-4H3,(H,16,18);1H. The first-order chi connectivity index (χ1) is 9.99. The van der Waals surface area contributed by atoms with Crippen LogP contribution in [0.15, 0.2) is 23.5 Å². The Labute approximate surface area is 157 Å². The van der Waals surface area contributed by atoms with Gasteiger partial charge < -0.3 is 14.8 Å². The molecular formula is C14H21ClIN5S. The predicted molar refractivity (Wildman–Crippen MR) is 104 cm³/mol. The summed E-state index contributed by atoms with van der Waals surface area (Å²) >= 11 is 7.71. The van der Waals surface area contributed by atoms with Crippen molar-refractivity contribution in [3.8, 4) is 0 Å². The summed E-state index contributed by atoms with van der Waals surface area (Å²) in [7, 11) is 5.77. The normalized spacial score (nSPS) is 11.2. The van der Waals surface area contributed by atoms with Gasteiger partial charge in [0.05, 0.1) is 18.1 Å². The number of thiazole rings is 1. The van der Waals surface area contributed by atoms with Gasteiger partial charge in [-0.3, -0.25) is 4.99 Å². The highest BCUT2D eigenvalue weighted by Crippen LogP contribution is 2.14. The second-order valence-electron chi connectivity index (χ2n) is 4.88. The van der Waals surface area contributed by atoms with Crippen LogP contribution < -0.4 is 5.32 Å². The van der Waals surface area contributed by atoms with Crippen LogP contribution >= 0.6 is 46.9 Å². The van der Waals surface area contributed by atoms with E-state index in [1.807, 2.05) is 37.1 Å². The van der Waals surface area contributed by atoms with E-state index < -0.39 is 0 Å². The zero-order valence-electron chi connectivity index (χ0n) is 13.1. The van der Waals surface area contributed by atoms with Gasteiger partial charge in [0.15, 0.2) is 5.96 Å². The van der Waals surface area contributed by atoms with Gasteiger partial charge >= 0.3 is 0 Å². The number of halogens is 2. The fourth-order valence-electron chi connectivity index (χ4n) is 2.06. The lowest BCUT2D eigenvalue weighted by molar-refractivity contribution is 0.461. The van der Waals surface area contributed by atoms with Gasteiger partial charge in [0.25, 0.3) is 0 Å². The van der Waals surface area contributed by atoms with Crippen LogP contribution in [0.3, 0.4) is 0 Å². The summed E-state index contributed by atoms with van der Waals surface area (Å²) in [6, 6.07) is 1.97. The molecule has 0 aromatic carbocycles. The van der Waals surface area contributed by atoms with E-state index in [4.69, 9.17) is 11.6 Å². The van der Waals surface area contributed by atoms with Crippen molar-refractivity contribution < 1.29 is 0 Å². The summed E-state index contributed by atoms with van der Waals surface area (Å²) in [6.45, 7) is 3.48. The second-order valence-corrected chi connectivity index (χ2v) is 6.64. The van der Waals surface area contributed by atoms with Crippen LogP contribution in [-0.2, 0) is 20.1 Å². The lowest BCUT2D eigenvalue weighted by Crippen LogP contribution is -2.38. The molecule has 2 aromatic heterocycles. The summed E-state index contributed by atoms with van der Waals surface area (Å²) in [5.41, 5.74) is 1.13.